The minimum absolute atomic E-state index is 0.0725. The Morgan fingerprint density at radius 1 is 1.53 bits per heavy atom. The summed E-state index contributed by atoms with van der Waals surface area (Å²) < 4.78 is 1.57. The molecule has 1 aromatic rings. The number of thiazole rings is 1. The molecule has 1 rings (SSSR count). The van der Waals surface area contributed by atoms with Gasteiger partial charge in [0.15, 0.2) is 0 Å². The van der Waals surface area contributed by atoms with E-state index in [0.717, 1.165) is 17.0 Å². The van der Waals surface area contributed by atoms with Crippen molar-refractivity contribution in [1.29, 1.82) is 0 Å². The summed E-state index contributed by atoms with van der Waals surface area (Å²) in [5, 5.41) is 21.4. The molecule has 7 nitrogen and oxygen atoms in total. The lowest BCUT2D eigenvalue weighted by Crippen LogP contribution is -2.43. The van der Waals surface area contributed by atoms with Crippen molar-refractivity contribution in [2.24, 2.45) is 0 Å². The molecule has 1 atom stereocenters. The van der Waals surface area contributed by atoms with Crippen molar-refractivity contribution in [3.63, 3.8) is 0 Å². The SMILES string of the molecule is Cc1csc(=O)n1CCCC(=O)N[C@H](CO)C(=O)O. The first kappa shape index (κ1) is 15.4. The minimum atomic E-state index is -1.28. The lowest BCUT2D eigenvalue weighted by molar-refractivity contribution is -0.142. The largest absolute Gasteiger partial charge is 0.480 e. The molecular formula is C11H16N2O5S. The second-order valence-corrected chi connectivity index (χ2v) is 4.86. The van der Waals surface area contributed by atoms with Crippen LogP contribution in [-0.2, 0) is 16.1 Å². The fourth-order valence-electron chi connectivity index (χ4n) is 1.52. The lowest BCUT2D eigenvalue weighted by atomic mass is 10.2. The van der Waals surface area contributed by atoms with Gasteiger partial charge in [0.2, 0.25) is 5.91 Å². The molecule has 0 unspecified atom stereocenters. The van der Waals surface area contributed by atoms with E-state index < -0.39 is 24.5 Å². The number of hydrogen-bond acceptors (Lipinski definition) is 5. The summed E-state index contributed by atoms with van der Waals surface area (Å²) in [6, 6.07) is -1.28. The highest BCUT2D eigenvalue weighted by atomic mass is 32.1. The number of aliphatic carboxylic acids is 1. The zero-order valence-corrected chi connectivity index (χ0v) is 11.3. The monoisotopic (exact) mass is 288 g/mol. The molecule has 1 aromatic heterocycles. The third kappa shape index (κ3) is 4.49. The van der Waals surface area contributed by atoms with Crippen LogP contribution in [0.4, 0.5) is 0 Å². The van der Waals surface area contributed by atoms with E-state index >= 15 is 0 Å². The van der Waals surface area contributed by atoms with Crippen LogP contribution in [0.3, 0.4) is 0 Å². The third-order valence-electron chi connectivity index (χ3n) is 2.58. The van der Waals surface area contributed by atoms with Crippen LogP contribution >= 0.6 is 11.3 Å². The molecule has 0 saturated heterocycles. The number of carbonyl (C=O) groups excluding carboxylic acids is 1. The summed E-state index contributed by atoms with van der Waals surface area (Å²) in [4.78, 5) is 33.4. The average Bonchev–Trinajstić information content (AvgIpc) is 2.67. The Hall–Kier alpha value is -1.67. The second-order valence-electron chi connectivity index (χ2n) is 4.04. The molecule has 0 fully saturated rings. The van der Waals surface area contributed by atoms with Crippen LogP contribution in [0.1, 0.15) is 18.5 Å². The number of aromatic nitrogens is 1. The van der Waals surface area contributed by atoms with Gasteiger partial charge in [-0.3, -0.25) is 9.59 Å². The van der Waals surface area contributed by atoms with E-state index in [0.29, 0.717) is 13.0 Å². The van der Waals surface area contributed by atoms with Gasteiger partial charge in [0.25, 0.3) is 0 Å². The number of aryl methyl sites for hydroxylation is 1. The Morgan fingerprint density at radius 2 is 2.21 bits per heavy atom. The highest BCUT2D eigenvalue weighted by molar-refractivity contribution is 7.07. The van der Waals surface area contributed by atoms with Crippen LogP contribution in [0.15, 0.2) is 10.2 Å². The zero-order valence-electron chi connectivity index (χ0n) is 10.5. The van der Waals surface area contributed by atoms with Crippen LogP contribution in [0.25, 0.3) is 0 Å². The Kier molecular flexibility index (Phi) is 5.71. The number of nitrogens with one attached hydrogen (secondary N) is 1. The van der Waals surface area contributed by atoms with Gasteiger partial charge in [0.1, 0.15) is 6.04 Å². The highest BCUT2D eigenvalue weighted by Gasteiger charge is 2.18. The second kappa shape index (κ2) is 7.05. The summed E-state index contributed by atoms with van der Waals surface area (Å²) in [6.45, 7) is 1.58. The number of aliphatic hydroxyl groups is 1. The Balaban J connectivity index is 2.39. The van der Waals surface area contributed by atoms with Gasteiger partial charge in [-0.05, 0) is 13.3 Å². The van der Waals surface area contributed by atoms with Crippen molar-refractivity contribution in [2.75, 3.05) is 6.61 Å². The Morgan fingerprint density at radius 3 is 2.68 bits per heavy atom. The molecule has 0 aliphatic carbocycles. The third-order valence-corrected chi connectivity index (χ3v) is 3.46. The fraction of sp³-hybridized carbons (Fsp3) is 0.545. The zero-order chi connectivity index (χ0) is 14.4. The summed E-state index contributed by atoms with van der Waals surface area (Å²) in [5.74, 6) is -1.73. The van der Waals surface area contributed by atoms with E-state index in [1.54, 1.807) is 9.95 Å². The van der Waals surface area contributed by atoms with Gasteiger partial charge in [-0.25, -0.2) is 4.79 Å². The van der Waals surface area contributed by atoms with Gasteiger partial charge in [0.05, 0.1) is 6.61 Å². The van der Waals surface area contributed by atoms with Crippen LogP contribution in [0.5, 0.6) is 0 Å². The molecule has 0 aliphatic rings. The van der Waals surface area contributed by atoms with Crippen LogP contribution in [0.2, 0.25) is 0 Å². The van der Waals surface area contributed by atoms with E-state index in [-0.39, 0.29) is 11.3 Å². The maximum atomic E-state index is 11.4. The number of aliphatic hydroxyl groups excluding tert-OH is 1. The highest BCUT2D eigenvalue weighted by Crippen LogP contribution is 2.02. The molecular weight excluding hydrogens is 272 g/mol. The number of rotatable bonds is 7. The van der Waals surface area contributed by atoms with Crippen molar-refractivity contribution in [3.05, 3.63) is 20.7 Å². The quantitative estimate of drug-likeness (QED) is 0.630. The maximum absolute atomic E-state index is 11.4. The molecule has 19 heavy (non-hydrogen) atoms. The van der Waals surface area contributed by atoms with Gasteiger partial charge < -0.3 is 20.1 Å². The molecule has 1 heterocycles. The van der Waals surface area contributed by atoms with E-state index in [2.05, 4.69) is 5.32 Å². The van der Waals surface area contributed by atoms with E-state index in [4.69, 9.17) is 10.2 Å². The first-order valence-corrected chi connectivity index (χ1v) is 6.61. The van der Waals surface area contributed by atoms with Crippen molar-refractivity contribution in [2.45, 2.75) is 32.4 Å². The molecule has 0 aliphatic heterocycles. The van der Waals surface area contributed by atoms with Crippen LogP contribution in [0, 0.1) is 6.92 Å². The Bertz CT molecular complexity index is 507. The molecule has 1 amide bonds. The first-order chi connectivity index (χ1) is 8.95. The number of nitrogens with zero attached hydrogens (tertiary/aromatic N) is 1. The van der Waals surface area contributed by atoms with Gasteiger partial charge in [-0.2, -0.15) is 0 Å². The van der Waals surface area contributed by atoms with Gasteiger partial charge in [-0.15, -0.1) is 0 Å². The smallest absolute Gasteiger partial charge is 0.328 e. The standard InChI is InChI=1S/C11H16N2O5S/c1-7-6-19-11(18)13(7)4-2-3-9(15)12-8(5-14)10(16)17/h6,8,14H,2-5H2,1H3,(H,12,15)(H,16,17)/t8-/m1/s1. The molecule has 0 saturated carbocycles. The van der Waals surface area contributed by atoms with Gasteiger partial charge in [-0.1, -0.05) is 11.3 Å². The van der Waals surface area contributed by atoms with Crippen molar-refractivity contribution >= 4 is 23.2 Å². The topological polar surface area (TPSA) is 109 Å². The maximum Gasteiger partial charge on any atom is 0.328 e. The summed E-state index contributed by atoms with van der Waals surface area (Å²) in [6.07, 6.45) is 0.534. The first-order valence-electron chi connectivity index (χ1n) is 5.73. The summed E-state index contributed by atoms with van der Waals surface area (Å²) in [5.41, 5.74) is 0.842. The number of carboxylic acid groups (broad SMARTS) is 1. The summed E-state index contributed by atoms with van der Waals surface area (Å²) in [7, 11) is 0. The molecule has 0 radical (unpaired) electrons. The Labute approximate surface area is 113 Å². The van der Waals surface area contributed by atoms with Crippen LogP contribution < -0.4 is 10.2 Å². The van der Waals surface area contributed by atoms with Crippen molar-refractivity contribution < 1.29 is 19.8 Å². The summed E-state index contributed by atoms with van der Waals surface area (Å²) >= 11 is 1.10. The number of carboxylic acids is 1. The molecule has 106 valence electrons. The van der Waals surface area contributed by atoms with Crippen molar-refractivity contribution in [1.82, 2.24) is 9.88 Å². The molecule has 0 aromatic carbocycles. The lowest BCUT2D eigenvalue weighted by Gasteiger charge is -2.11. The van der Waals surface area contributed by atoms with Gasteiger partial charge in [0, 0.05) is 24.0 Å². The number of amides is 1. The molecule has 0 spiro atoms. The molecule has 0 bridgehead atoms. The predicted molar refractivity (Wildman–Crippen MR) is 69.2 cm³/mol. The molecule has 3 N–H and O–H groups in total. The molecule has 8 heteroatoms. The van der Waals surface area contributed by atoms with Crippen molar-refractivity contribution in [3.8, 4) is 0 Å². The minimum Gasteiger partial charge on any atom is -0.480 e. The van der Waals surface area contributed by atoms with Crippen LogP contribution in [-0.4, -0.2) is 39.3 Å². The number of carbonyl (C=O) groups is 2. The van der Waals surface area contributed by atoms with E-state index in [9.17, 15) is 14.4 Å². The average molecular weight is 288 g/mol. The number of hydrogen-bond donors (Lipinski definition) is 3. The van der Waals surface area contributed by atoms with Gasteiger partial charge >= 0.3 is 10.8 Å². The predicted octanol–water partition coefficient (Wildman–Crippen LogP) is -0.440. The van der Waals surface area contributed by atoms with E-state index in [1.807, 2.05) is 6.92 Å². The fourth-order valence-corrected chi connectivity index (χ4v) is 2.29. The normalized spacial score (nSPS) is 12.1. The van der Waals surface area contributed by atoms with E-state index in [1.165, 1.54) is 0 Å².